The van der Waals surface area contributed by atoms with E-state index in [1.165, 1.54) is 0 Å². The zero-order valence-electron chi connectivity index (χ0n) is 18.3. The number of unbranched alkanes of at least 4 members (excludes halogenated alkanes) is 1. The van der Waals surface area contributed by atoms with Crippen LogP contribution in [0.3, 0.4) is 0 Å². The molecule has 0 saturated heterocycles. The predicted octanol–water partition coefficient (Wildman–Crippen LogP) is 4.59. The van der Waals surface area contributed by atoms with Crippen LogP contribution in [0.4, 0.5) is 0 Å². The van der Waals surface area contributed by atoms with Gasteiger partial charge in [-0.25, -0.2) is 9.97 Å². The summed E-state index contributed by atoms with van der Waals surface area (Å²) >= 11 is 0. The van der Waals surface area contributed by atoms with Crippen LogP contribution in [0.15, 0.2) is 41.3 Å². The summed E-state index contributed by atoms with van der Waals surface area (Å²) in [5.41, 5.74) is 2.53. The molecule has 0 bridgehead atoms. The molecule has 1 fully saturated rings. The second-order valence-corrected chi connectivity index (χ2v) is 8.40. The first kappa shape index (κ1) is 21.2. The van der Waals surface area contributed by atoms with Gasteiger partial charge < -0.3 is 4.74 Å². The Morgan fingerprint density at radius 3 is 2.71 bits per heavy atom. The van der Waals surface area contributed by atoms with Crippen molar-refractivity contribution in [3.63, 3.8) is 0 Å². The largest absolute Gasteiger partial charge is 0.407 e. The maximum Gasteiger partial charge on any atom is 0.315 e. The number of carbonyl (C=O) groups excluding carboxylic acids is 1. The Kier molecular flexibility index (Phi) is 6.44. The summed E-state index contributed by atoms with van der Waals surface area (Å²) in [5.74, 6) is 0.909. The third kappa shape index (κ3) is 4.68. The van der Waals surface area contributed by atoms with Crippen molar-refractivity contribution in [3.8, 4) is 5.88 Å². The van der Waals surface area contributed by atoms with Crippen molar-refractivity contribution in [2.24, 2.45) is 5.92 Å². The zero-order valence-corrected chi connectivity index (χ0v) is 18.3. The molecule has 1 aliphatic carbocycles. The van der Waals surface area contributed by atoms with Crippen molar-refractivity contribution in [2.45, 2.75) is 65.3 Å². The number of benzene rings is 1. The van der Waals surface area contributed by atoms with Gasteiger partial charge in [0.25, 0.3) is 5.56 Å². The van der Waals surface area contributed by atoms with Crippen molar-refractivity contribution in [1.82, 2.24) is 14.5 Å². The van der Waals surface area contributed by atoms with Gasteiger partial charge >= 0.3 is 5.97 Å². The van der Waals surface area contributed by atoms with Gasteiger partial charge in [-0.05, 0) is 43.4 Å². The Morgan fingerprint density at radius 1 is 1.19 bits per heavy atom. The number of carbonyl (C=O) groups is 1. The summed E-state index contributed by atoms with van der Waals surface area (Å²) in [6.07, 6.45) is 8.39. The topological polar surface area (TPSA) is 74.1 Å². The fourth-order valence-corrected chi connectivity index (χ4v) is 4.26. The number of fused-ring (bicyclic) bond motifs is 1. The SMILES string of the molecule is CCCCc1nc2cccc(C)c2c(=O)n1Cc1ccc(OC(=O)C2CCCC2)nc1. The van der Waals surface area contributed by atoms with Crippen LogP contribution < -0.4 is 10.3 Å². The molecule has 6 nitrogen and oxygen atoms in total. The molecule has 162 valence electrons. The van der Waals surface area contributed by atoms with Crippen molar-refractivity contribution in [2.75, 3.05) is 0 Å². The number of hydrogen-bond donors (Lipinski definition) is 0. The molecule has 0 atom stereocenters. The highest BCUT2D eigenvalue weighted by Gasteiger charge is 2.24. The van der Waals surface area contributed by atoms with Gasteiger partial charge in [0.15, 0.2) is 0 Å². The van der Waals surface area contributed by atoms with E-state index in [1.54, 1.807) is 16.8 Å². The van der Waals surface area contributed by atoms with E-state index in [-0.39, 0.29) is 17.4 Å². The van der Waals surface area contributed by atoms with Crippen molar-refractivity contribution in [1.29, 1.82) is 0 Å². The molecule has 0 N–H and O–H groups in total. The summed E-state index contributed by atoms with van der Waals surface area (Å²) in [7, 11) is 0. The molecule has 0 unspecified atom stereocenters. The predicted molar refractivity (Wildman–Crippen MR) is 120 cm³/mol. The summed E-state index contributed by atoms with van der Waals surface area (Å²) < 4.78 is 7.20. The van der Waals surface area contributed by atoms with E-state index in [4.69, 9.17) is 9.72 Å². The van der Waals surface area contributed by atoms with Gasteiger partial charge in [0.1, 0.15) is 5.82 Å². The molecular weight excluding hydrogens is 390 g/mol. The number of pyridine rings is 1. The Hall–Kier alpha value is -3.02. The minimum absolute atomic E-state index is 0.00640. The molecule has 1 aliphatic rings. The lowest BCUT2D eigenvalue weighted by atomic mass is 10.1. The maximum absolute atomic E-state index is 13.3. The minimum Gasteiger partial charge on any atom is -0.407 e. The monoisotopic (exact) mass is 419 g/mol. The second kappa shape index (κ2) is 9.41. The highest BCUT2D eigenvalue weighted by atomic mass is 16.5. The first-order valence-electron chi connectivity index (χ1n) is 11.2. The summed E-state index contributed by atoms with van der Waals surface area (Å²) in [5, 5.41) is 0.665. The highest BCUT2D eigenvalue weighted by molar-refractivity contribution is 5.81. The van der Waals surface area contributed by atoms with Crippen LogP contribution in [0.25, 0.3) is 10.9 Å². The van der Waals surface area contributed by atoms with Gasteiger partial charge in [-0.2, -0.15) is 0 Å². The van der Waals surface area contributed by atoms with Gasteiger partial charge in [-0.15, -0.1) is 0 Å². The number of rotatable bonds is 7. The fraction of sp³-hybridized carbons (Fsp3) is 0.440. The highest BCUT2D eigenvalue weighted by Crippen LogP contribution is 2.26. The number of hydrogen-bond acceptors (Lipinski definition) is 5. The summed E-state index contributed by atoms with van der Waals surface area (Å²) in [6.45, 7) is 4.46. The van der Waals surface area contributed by atoms with Crippen LogP contribution in [-0.4, -0.2) is 20.5 Å². The van der Waals surface area contributed by atoms with Crippen molar-refractivity contribution >= 4 is 16.9 Å². The van der Waals surface area contributed by atoms with Crippen molar-refractivity contribution in [3.05, 3.63) is 63.8 Å². The molecule has 0 aliphatic heterocycles. The lowest BCUT2D eigenvalue weighted by Crippen LogP contribution is -2.26. The third-order valence-corrected chi connectivity index (χ3v) is 6.06. The van der Waals surface area contributed by atoms with Crippen LogP contribution in [0, 0.1) is 12.8 Å². The molecule has 2 heterocycles. The third-order valence-electron chi connectivity index (χ3n) is 6.06. The molecular formula is C25H29N3O3. The molecule has 3 aromatic rings. The van der Waals surface area contributed by atoms with Gasteiger partial charge in [0.2, 0.25) is 5.88 Å². The number of esters is 1. The Bertz CT molecular complexity index is 1130. The van der Waals surface area contributed by atoms with E-state index in [0.717, 1.165) is 67.4 Å². The standard InChI is InChI=1S/C25H29N3O3/c1-3-4-12-21-27-20-11-7-8-17(2)23(20)24(29)28(21)16-18-13-14-22(26-15-18)31-25(30)19-9-5-6-10-19/h7-8,11,13-15,19H,3-6,9-10,12,16H2,1-2H3. The van der Waals surface area contributed by atoms with Crippen LogP contribution >= 0.6 is 0 Å². The molecule has 1 aromatic carbocycles. The van der Waals surface area contributed by atoms with Crippen LogP contribution in [0.5, 0.6) is 5.88 Å². The molecule has 31 heavy (non-hydrogen) atoms. The normalized spacial score (nSPS) is 14.3. The lowest BCUT2D eigenvalue weighted by molar-refractivity contribution is -0.138. The molecule has 0 amide bonds. The number of nitrogens with zero attached hydrogens (tertiary/aromatic N) is 3. The smallest absolute Gasteiger partial charge is 0.315 e. The molecule has 1 saturated carbocycles. The molecule has 6 heteroatoms. The minimum atomic E-state index is -0.190. The summed E-state index contributed by atoms with van der Waals surface area (Å²) in [4.78, 5) is 34.7. The lowest BCUT2D eigenvalue weighted by Gasteiger charge is -2.15. The van der Waals surface area contributed by atoms with Gasteiger partial charge in [0, 0.05) is 18.7 Å². The Morgan fingerprint density at radius 2 is 2.00 bits per heavy atom. The Labute approximate surface area is 182 Å². The van der Waals surface area contributed by atoms with E-state index >= 15 is 0 Å². The van der Waals surface area contributed by atoms with E-state index in [2.05, 4.69) is 11.9 Å². The quantitative estimate of drug-likeness (QED) is 0.524. The molecule has 2 aromatic heterocycles. The number of aromatic nitrogens is 3. The average Bonchev–Trinajstić information content (AvgIpc) is 3.31. The fourth-order valence-electron chi connectivity index (χ4n) is 4.26. The number of aryl methyl sites for hydroxylation is 2. The van der Waals surface area contributed by atoms with E-state index in [9.17, 15) is 9.59 Å². The molecule has 0 spiro atoms. The number of ether oxygens (including phenoxy) is 1. The molecule has 4 rings (SSSR count). The zero-order chi connectivity index (χ0) is 21.8. The van der Waals surface area contributed by atoms with Gasteiger partial charge in [-0.3, -0.25) is 14.2 Å². The average molecular weight is 420 g/mol. The van der Waals surface area contributed by atoms with Gasteiger partial charge in [-0.1, -0.05) is 44.4 Å². The van der Waals surface area contributed by atoms with Crippen molar-refractivity contribution < 1.29 is 9.53 Å². The van der Waals surface area contributed by atoms with Crippen LogP contribution in [0.1, 0.15) is 62.4 Å². The summed E-state index contributed by atoms with van der Waals surface area (Å²) in [6, 6.07) is 9.35. The van der Waals surface area contributed by atoms with Gasteiger partial charge in [0.05, 0.1) is 23.4 Å². The van der Waals surface area contributed by atoms with E-state index in [1.807, 2.05) is 31.2 Å². The first-order valence-corrected chi connectivity index (χ1v) is 11.2. The van der Waals surface area contributed by atoms with Crippen LogP contribution in [0.2, 0.25) is 0 Å². The second-order valence-electron chi connectivity index (χ2n) is 8.40. The Balaban J connectivity index is 1.59. The van der Waals surface area contributed by atoms with E-state index in [0.29, 0.717) is 17.8 Å². The van der Waals surface area contributed by atoms with E-state index < -0.39 is 0 Å². The molecule has 0 radical (unpaired) electrons. The first-order chi connectivity index (χ1) is 15.1. The maximum atomic E-state index is 13.3. The van der Waals surface area contributed by atoms with Crippen LogP contribution in [-0.2, 0) is 17.8 Å².